The van der Waals surface area contributed by atoms with Gasteiger partial charge in [0.1, 0.15) is 12.1 Å². The fraction of sp³-hybridized carbons (Fsp3) is 0.467. The Labute approximate surface area is 134 Å². The van der Waals surface area contributed by atoms with E-state index in [1.54, 1.807) is 11.2 Å². The van der Waals surface area contributed by atoms with Crippen LogP contribution >= 0.6 is 0 Å². The van der Waals surface area contributed by atoms with E-state index in [-0.39, 0.29) is 11.7 Å². The average molecular weight is 317 g/mol. The minimum Gasteiger partial charge on any atom is -0.479 e. The molecule has 0 aromatic carbocycles. The highest BCUT2D eigenvalue weighted by molar-refractivity contribution is 5.91. The standard InChI is InChI=1S/C15H19N5O3/c1-19(2)14-10-4-6-20(7-5-11(10)16-9-17-14)15(21)12-8-13(22-3)18-23-12/h8-9H,4-7H2,1-3H3. The Kier molecular flexibility index (Phi) is 4.14. The van der Waals surface area contributed by atoms with Crippen LogP contribution in [0.15, 0.2) is 16.9 Å². The van der Waals surface area contributed by atoms with Crippen molar-refractivity contribution in [3.05, 3.63) is 29.4 Å². The summed E-state index contributed by atoms with van der Waals surface area (Å²) < 4.78 is 10.00. The third-order valence-electron chi connectivity index (χ3n) is 3.88. The van der Waals surface area contributed by atoms with E-state index in [0.29, 0.717) is 31.8 Å². The quantitative estimate of drug-likeness (QED) is 0.827. The highest BCUT2D eigenvalue weighted by atomic mass is 16.5. The van der Waals surface area contributed by atoms with Gasteiger partial charge in [-0.05, 0) is 11.6 Å². The zero-order valence-corrected chi connectivity index (χ0v) is 13.4. The van der Waals surface area contributed by atoms with Crippen molar-refractivity contribution in [1.29, 1.82) is 0 Å². The van der Waals surface area contributed by atoms with Crippen LogP contribution in [0, 0.1) is 0 Å². The van der Waals surface area contributed by atoms with E-state index in [9.17, 15) is 4.79 Å². The third kappa shape index (κ3) is 2.96. The fourth-order valence-corrected chi connectivity index (χ4v) is 2.71. The van der Waals surface area contributed by atoms with E-state index in [4.69, 9.17) is 9.26 Å². The molecule has 0 radical (unpaired) electrons. The molecule has 2 aromatic rings. The number of fused-ring (bicyclic) bond motifs is 1. The second-order valence-corrected chi connectivity index (χ2v) is 5.54. The number of ether oxygens (including phenoxy) is 1. The lowest BCUT2D eigenvalue weighted by Crippen LogP contribution is -2.33. The van der Waals surface area contributed by atoms with E-state index < -0.39 is 0 Å². The van der Waals surface area contributed by atoms with Crippen LogP contribution in [-0.4, -0.2) is 60.2 Å². The van der Waals surface area contributed by atoms with Crippen LogP contribution in [0.1, 0.15) is 21.8 Å². The number of hydrogen-bond acceptors (Lipinski definition) is 7. The molecule has 3 heterocycles. The summed E-state index contributed by atoms with van der Waals surface area (Å²) in [7, 11) is 5.39. The number of methoxy groups -OCH3 is 1. The van der Waals surface area contributed by atoms with Crippen molar-refractivity contribution < 1.29 is 14.1 Å². The van der Waals surface area contributed by atoms with Gasteiger partial charge in [-0.15, -0.1) is 0 Å². The number of rotatable bonds is 3. The Morgan fingerprint density at radius 3 is 2.78 bits per heavy atom. The molecule has 3 rings (SSSR count). The van der Waals surface area contributed by atoms with Gasteiger partial charge in [0.15, 0.2) is 0 Å². The number of amides is 1. The Hall–Kier alpha value is -2.64. The summed E-state index contributed by atoms with van der Waals surface area (Å²) in [5.41, 5.74) is 2.09. The van der Waals surface area contributed by atoms with Crippen molar-refractivity contribution in [3.63, 3.8) is 0 Å². The molecule has 0 unspecified atom stereocenters. The van der Waals surface area contributed by atoms with Crippen molar-refractivity contribution in [3.8, 4) is 5.88 Å². The lowest BCUT2D eigenvalue weighted by molar-refractivity contribution is 0.0720. The molecule has 1 aliphatic heterocycles. The molecular weight excluding hydrogens is 298 g/mol. The molecule has 8 heteroatoms. The molecular formula is C15H19N5O3. The van der Waals surface area contributed by atoms with Gasteiger partial charge in [-0.1, -0.05) is 0 Å². The summed E-state index contributed by atoms with van der Waals surface area (Å²) in [6.07, 6.45) is 2.98. The van der Waals surface area contributed by atoms with Crippen molar-refractivity contribution in [2.45, 2.75) is 12.8 Å². The van der Waals surface area contributed by atoms with E-state index in [1.165, 1.54) is 13.2 Å². The Morgan fingerprint density at radius 1 is 1.30 bits per heavy atom. The first-order valence-electron chi connectivity index (χ1n) is 7.40. The molecule has 0 atom stereocenters. The second-order valence-electron chi connectivity index (χ2n) is 5.54. The smallest absolute Gasteiger partial charge is 0.292 e. The van der Waals surface area contributed by atoms with E-state index in [2.05, 4.69) is 15.1 Å². The van der Waals surface area contributed by atoms with Crippen LogP contribution in [-0.2, 0) is 12.8 Å². The Bertz CT molecular complexity index is 713. The largest absolute Gasteiger partial charge is 0.479 e. The molecule has 23 heavy (non-hydrogen) atoms. The van der Waals surface area contributed by atoms with Gasteiger partial charge in [-0.25, -0.2) is 9.97 Å². The first-order chi connectivity index (χ1) is 11.1. The maximum atomic E-state index is 12.5. The molecule has 0 spiro atoms. The van der Waals surface area contributed by atoms with Crippen LogP contribution in [0.4, 0.5) is 5.82 Å². The lowest BCUT2D eigenvalue weighted by Gasteiger charge is -2.18. The molecule has 2 aromatic heterocycles. The number of hydrogen-bond donors (Lipinski definition) is 0. The Balaban J connectivity index is 1.79. The fourth-order valence-electron chi connectivity index (χ4n) is 2.71. The van der Waals surface area contributed by atoms with Gasteiger partial charge in [0.25, 0.3) is 11.8 Å². The molecule has 0 saturated carbocycles. The summed E-state index contributed by atoms with van der Waals surface area (Å²) in [6, 6.07) is 1.51. The van der Waals surface area contributed by atoms with Crippen LogP contribution in [0.5, 0.6) is 5.88 Å². The zero-order chi connectivity index (χ0) is 16.4. The maximum absolute atomic E-state index is 12.5. The average Bonchev–Trinajstić information content (AvgIpc) is 2.93. The third-order valence-corrected chi connectivity index (χ3v) is 3.88. The number of carbonyl (C=O) groups excluding carboxylic acids is 1. The van der Waals surface area contributed by atoms with E-state index in [1.807, 2.05) is 19.0 Å². The normalized spacial score (nSPS) is 14.1. The van der Waals surface area contributed by atoms with Gasteiger partial charge >= 0.3 is 0 Å². The molecule has 8 nitrogen and oxygen atoms in total. The molecule has 0 N–H and O–H groups in total. The number of aromatic nitrogens is 3. The molecule has 1 amide bonds. The van der Waals surface area contributed by atoms with Gasteiger partial charge in [-0.3, -0.25) is 4.79 Å². The first kappa shape index (κ1) is 15.3. The van der Waals surface area contributed by atoms with Crippen LogP contribution < -0.4 is 9.64 Å². The van der Waals surface area contributed by atoms with E-state index in [0.717, 1.165) is 17.1 Å². The molecule has 0 saturated heterocycles. The van der Waals surface area contributed by atoms with Gasteiger partial charge < -0.3 is 19.1 Å². The van der Waals surface area contributed by atoms with Gasteiger partial charge in [0, 0.05) is 39.2 Å². The number of nitrogens with zero attached hydrogens (tertiary/aromatic N) is 5. The van der Waals surface area contributed by atoms with Gasteiger partial charge in [0.05, 0.1) is 18.9 Å². The molecule has 122 valence electrons. The number of carbonyl (C=O) groups is 1. The first-order valence-corrected chi connectivity index (χ1v) is 7.40. The monoisotopic (exact) mass is 317 g/mol. The highest BCUT2D eigenvalue weighted by Crippen LogP contribution is 2.23. The second kappa shape index (κ2) is 6.23. The highest BCUT2D eigenvalue weighted by Gasteiger charge is 2.25. The summed E-state index contributed by atoms with van der Waals surface area (Å²) in [5.74, 6) is 1.21. The molecule has 0 fully saturated rings. The molecule has 1 aliphatic rings. The van der Waals surface area contributed by atoms with Crippen LogP contribution in [0.25, 0.3) is 0 Å². The minimum absolute atomic E-state index is 0.187. The predicted octanol–water partition coefficient (Wildman–Crippen LogP) is 0.780. The number of anilines is 1. The van der Waals surface area contributed by atoms with Crippen LogP contribution in [0.2, 0.25) is 0 Å². The summed E-state index contributed by atoms with van der Waals surface area (Å²) in [5, 5.41) is 3.68. The summed E-state index contributed by atoms with van der Waals surface area (Å²) >= 11 is 0. The van der Waals surface area contributed by atoms with Crippen molar-refractivity contribution in [1.82, 2.24) is 20.0 Å². The topological polar surface area (TPSA) is 84.6 Å². The lowest BCUT2D eigenvalue weighted by atomic mass is 10.1. The van der Waals surface area contributed by atoms with Gasteiger partial charge in [-0.2, -0.15) is 0 Å². The minimum atomic E-state index is -0.187. The molecule has 0 aliphatic carbocycles. The van der Waals surface area contributed by atoms with E-state index >= 15 is 0 Å². The van der Waals surface area contributed by atoms with Gasteiger partial charge in [0.2, 0.25) is 5.76 Å². The van der Waals surface area contributed by atoms with Crippen LogP contribution in [0.3, 0.4) is 0 Å². The summed E-state index contributed by atoms with van der Waals surface area (Å²) in [4.78, 5) is 25.0. The summed E-state index contributed by atoms with van der Waals surface area (Å²) in [6.45, 7) is 1.17. The maximum Gasteiger partial charge on any atom is 0.292 e. The van der Waals surface area contributed by atoms with Crippen molar-refractivity contribution in [2.75, 3.05) is 39.2 Å². The predicted molar refractivity (Wildman–Crippen MR) is 82.7 cm³/mol. The molecule has 0 bridgehead atoms. The SMILES string of the molecule is COc1cc(C(=O)N2CCc3ncnc(N(C)C)c3CC2)on1. The zero-order valence-electron chi connectivity index (χ0n) is 13.4. The van der Waals surface area contributed by atoms with Crippen molar-refractivity contribution >= 4 is 11.7 Å². The van der Waals surface area contributed by atoms with Crippen molar-refractivity contribution in [2.24, 2.45) is 0 Å². The Morgan fingerprint density at radius 2 is 2.09 bits per heavy atom.